The molecule has 0 aromatic carbocycles. The van der Waals surface area contributed by atoms with Gasteiger partial charge in [-0.2, -0.15) is 0 Å². The first-order chi connectivity index (χ1) is 8.11. The molecule has 2 unspecified atom stereocenters. The lowest BCUT2D eigenvalue weighted by atomic mass is 9.91. The number of Topliss-reactive ketones (excluding diaryl/α,β-unsaturated/α-hetero) is 1. The van der Waals surface area contributed by atoms with Gasteiger partial charge in [0.25, 0.3) is 0 Å². The SMILES string of the molecule is CC(=O)CC1(OC2CCCCC2O)CCCC1. The lowest BCUT2D eigenvalue weighted by Crippen LogP contribution is -2.42. The van der Waals surface area contributed by atoms with Crippen molar-refractivity contribution in [1.29, 1.82) is 0 Å². The van der Waals surface area contributed by atoms with E-state index in [0.29, 0.717) is 6.42 Å². The Morgan fingerprint density at radius 2 is 1.88 bits per heavy atom. The van der Waals surface area contributed by atoms with Gasteiger partial charge in [-0.25, -0.2) is 0 Å². The van der Waals surface area contributed by atoms with Gasteiger partial charge in [-0.1, -0.05) is 25.7 Å². The number of hydrogen-bond acceptors (Lipinski definition) is 3. The van der Waals surface area contributed by atoms with Crippen LogP contribution in [0.3, 0.4) is 0 Å². The minimum absolute atomic E-state index is 0.0406. The Balaban J connectivity index is 1.99. The van der Waals surface area contributed by atoms with Gasteiger partial charge in [0, 0.05) is 6.42 Å². The topological polar surface area (TPSA) is 46.5 Å². The van der Waals surface area contributed by atoms with Gasteiger partial charge in [-0.15, -0.1) is 0 Å². The predicted molar refractivity (Wildman–Crippen MR) is 65.8 cm³/mol. The first-order valence-electron chi connectivity index (χ1n) is 6.97. The average molecular weight is 240 g/mol. The lowest BCUT2D eigenvalue weighted by molar-refractivity contribution is -0.154. The molecular weight excluding hydrogens is 216 g/mol. The van der Waals surface area contributed by atoms with Crippen molar-refractivity contribution in [3.63, 3.8) is 0 Å². The monoisotopic (exact) mass is 240 g/mol. The summed E-state index contributed by atoms with van der Waals surface area (Å²) >= 11 is 0. The van der Waals surface area contributed by atoms with Crippen LogP contribution in [0, 0.1) is 0 Å². The molecule has 0 bridgehead atoms. The molecular formula is C14H24O3. The van der Waals surface area contributed by atoms with Gasteiger partial charge in [0.1, 0.15) is 5.78 Å². The molecule has 2 saturated carbocycles. The maximum Gasteiger partial charge on any atom is 0.132 e. The van der Waals surface area contributed by atoms with Crippen LogP contribution in [-0.4, -0.2) is 28.7 Å². The van der Waals surface area contributed by atoms with Crippen LogP contribution in [0.4, 0.5) is 0 Å². The number of aliphatic hydroxyl groups excluding tert-OH is 1. The van der Waals surface area contributed by atoms with E-state index in [1.54, 1.807) is 6.92 Å². The van der Waals surface area contributed by atoms with Crippen molar-refractivity contribution in [2.24, 2.45) is 0 Å². The molecule has 0 heterocycles. The number of aliphatic hydroxyl groups is 1. The molecule has 3 nitrogen and oxygen atoms in total. The van der Waals surface area contributed by atoms with Gasteiger partial charge in [-0.3, -0.25) is 4.79 Å². The van der Waals surface area contributed by atoms with Gasteiger partial charge in [0.15, 0.2) is 0 Å². The standard InChI is InChI=1S/C14H24O3/c1-11(15)10-14(8-4-5-9-14)17-13-7-3-2-6-12(13)16/h12-13,16H,2-10H2,1H3. The summed E-state index contributed by atoms with van der Waals surface area (Å²) in [5.74, 6) is 0.206. The van der Waals surface area contributed by atoms with Crippen molar-refractivity contribution in [3.05, 3.63) is 0 Å². The van der Waals surface area contributed by atoms with Crippen molar-refractivity contribution in [2.45, 2.75) is 82.5 Å². The van der Waals surface area contributed by atoms with Crippen LogP contribution in [0.1, 0.15) is 64.7 Å². The molecule has 0 aromatic heterocycles. The van der Waals surface area contributed by atoms with Crippen LogP contribution < -0.4 is 0 Å². The van der Waals surface area contributed by atoms with Crippen LogP contribution >= 0.6 is 0 Å². The van der Waals surface area contributed by atoms with E-state index in [9.17, 15) is 9.90 Å². The quantitative estimate of drug-likeness (QED) is 0.821. The minimum atomic E-state index is -0.326. The molecule has 0 spiro atoms. The Kier molecular flexibility index (Phi) is 4.21. The first kappa shape index (κ1) is 13.0. The van der Waals surface area contributed by atoms with Gasteiger partial charge in [0.2, 0.25) is 0 Å². The number of ketones is 1. The highest BCUT2D eigenvalue weighted by atomic mass is 16.5. The average Bonchev–Trinajstić information content (AvgIpc) is 2.69. The van der Waals surface area contributed by atoms with E-state index in [1.807, 2.05) is 0 Å². The Morgan fingerprint density at radius 1 is 1.24 bits per heavy atom. The van der Waals surface area contributed by atoms with Crippen LogP contribution in [-0.2, 0) is 9.53 Å². The van der Waals surface area contributed by atoms with Crippen molar-refractivity contribution >= 4 is 5.78 Å². The number of rotatable bonds is 4. The van der Waals surface area contributed by atoms with Crippen molar-refractivity contribution < 1.29 is 14.6 Å². The number of ether oxygens (including phenoxy) is 1. The number of carbonyl (C=O) groups excluding carboxylic acids is 1. The summed E-state index contributed by atoms with van der Waals surface area (Å²) in [4.78, 5) is 11.4. The van der Waals surface area contributed by atoms with Crippen LogP contribution in [0.25, 0.3) is 0 Å². The molecule has 2 aliphatic rings. The van der Waals surface area contributed by atoms with E-state index in [4.69, 9.17) is 4.74 Å². The Hall–Kier alpha value is -0.410. The molecule has 1 N–H and O–H groups in total. The summed E-state index contributed by atoms with van der Waals surface area (Å²) in [5.41, 5.74) is -0.255. The van der Waals surface area contributed by atoms with E-state index in [2.05, 4.69) is 0 Å². The van der Waals surface area contributed by atoms with Gasteiger partial charge < -0.3 is 9.84 Å². The summed E-state index contributed by atoms with van der Waals surface area (Å²) in [5, 5.41) is 9.97. The zero-order valence-electron chi connectivity index (χ0n) is 10.8. The number of carbonyl (C=O) groups is 1. The highest BCUT2D eigenvalue weighted by Crippen LogP contribution is 2.39. The first-order valence-corrected chi connectivity index (χ1v) is 6.97. The normalized spacial score (nSPS) is 32.6. The van der Waals surface area contributed by atoms with Crippen molar-refractivity contribution in [3.8, 4) is 0 Å². The van der Waals surface area contributed by atoms with Gasteiger partial charge in [0.05, 0.1) is 17.8 Å². The molecule has 0 aromatic rings. The van der Waals surface area contributed by atoms with E-state index in [1.165, 1.54) is 0 Å². The van der Waals surface area contributed by atoms with Crippen LogP contribution in [0.2, 0.25) is 0 Å². The third-order valence-electron chi connectivity index (χ3n) is 4.15. The van der Waals surface area contributed by atoms with E-state index in [0.717, 1.165) is 51.4 Å². The summed E-state index contributed by atoms with van der Waals surface area (Å²) in [6.45, 7) is 1.64. The minimum Gasteiger partial charge on any atom is -0.390 e. The number of hydrogen-bond donors (Lipinski definition) is 1. The molecule has 0 saturated heterocycles. The van der Waals surface area contributed by atoms with Crippen LogP contribution in [0.15, 0.2) is 0 Å². The molecule has 0 amide bonds. The molecule has 17 heavy (non-hydrogen) atoms. The zero-order valence-corrected chi connectivity index (χ0v) is 10.8. The Morgan fingerprint density at radius 3 is 2.47 bits per heavy atom. The third-order valence-corrected chi connectivity index (χ3v) is 4.15. The molecule has 0 aliphatic heterocycles. The maximum absolute atomic E-state index is 11.4. The Labute approximate surface area is 104 Å². The smallest absolute Gasteiger partial charge is 0.132 e. The second-order valence-corrected chi connectivity index (χ2v) is 5.78. The molecule has 98 valence electrons. The second-order valence-electron chi connectivity index (χ2n) is 5.78. The molecule has 0 radical (unpaired) electrons. The van der Waals surface area contributed by atoms with Crippen LogP contribution in [0.5, 0.6) is 0 Å². The summed E-state index contributed by atoms with van der Waals surface area (Å²) in [7, 11) is 0. The molecule has 3 heteroatoms. The van der Waals surface area contributed by atoms with E-state index < -0.39 is 0 Å². The fourth-order valence-electron chi connectivity index (χ4n) is 3.35. The molecule has 2 fully saturated rings. The van der Waals surface area contributed by atoms with Crippen molar-refractivity contribution in [2.75, 3.05) is 0 Å². The van der Waals surface area contributed by atoms with Crippen molar-refractivity contribution in [1.82, 2.24) is 0 Å². The summed E-state index contributed by atoms with van der Waals surface area (Å²) < 4.78 is 6.19. The molecule has 2 rings (SSSR count). The predicted octanol–water partition coefficient (Wildman–Crippen LogP) is 2.60. The summed E-state index contributed by atoms with van der Waals surface area (Å²) in [6, 6.07) is 0. The molecule has 2 atom stereocenters. The summed E-state index contributed by atoms with van der Waals surface area (Å²) in [6.07, 6.45) is 8.45. The fraction of sp³-hybridized carbons (Fsp3) is 0.929. The second kappa shape index (κ2) is 5.49. The highest BCUT2D eigenvalue weighted by Gasteiger charge is 2.40. The lowest BCUT2D eigenvalue weighted by Gasteiger charge is -2.37. The van der Waals surface area contributed by atoms with Gasteiger partial charge in [-0.05, 0) is 32.6 Å². The third kappa shape index (κ3) is 3.29. The maximum atomic E-state index is 11.4. The van der Waals surface area contributed by atoms with E-state index >= 15 is 0 Å². The van der Waals surface area contributed by atoms with E-state index in [-0.39, 0.29) is 23.6 Å². The molecule has 2 aliphatic carbocycles. The highest BCUT2D eigenvalue weighted by molar-refractivity contribution is 5.76. The Bertz CT molecular complexity index is 269. The zero-order chi connectivity index (χ0) is 12.3. The fourth-order valence-corrected chi connectivity index (χ4v) is 3.35. The van der Waals surface area contributed by atoms with Gasteiger partial charge >= 0.3 is 0 Å². The largest absolute Gasteiger partial charge is 0.390 e.